The molecule has 0 saturated carbocycles. The minimum Gasteiger partial charge on any atom is -0.497 e. The molecule has 0 heterocycles. The van der Waals surface area contributed by atoms with Gasteiger partial charge in [-0.2, -0.15) is 5.26 Å². The van der Waals surface area contributed by atoms with Crippen LogP contribution in [0, 0.1) is 18.3 Å². The summed E-state index contributed by atoms with van der Waals surface area (Å²) in [6.45, 7) is 2.56. The number of nitrogens with zero attached hydrogens (tertiary/aromatic N) is 1. The number of benzene rings is 2. The number of hydrogen-bond acceptors (Lipinski definition) is 4. The van der Waals surface area contributed by atoms with E-state index in [1.807, 2.05) is 55.5 Å². The number of carbonyl (C=O) groups excluding carboxylic acids is 1. The van der Waals surface area contributed by atoms with E-state index in [2.05, 4.69) is 10.6 Å². The van der Waals surface area contributed by atoms with E-state index in [9.17, 15) is 10.1 Å². The Morgan fingerprint density at radius 3 is 2.64 bits per heavy atom. The molecule has 25 heavy (non-hydrogen) atoms. The summed E-state index contributed by atoms with van der Waals surface area (Å²) in [6, 6.07) is 17.1. The second-order valence-corrected chi connectivity index (χ2v) is 5.55. The van der Waals surface area contributed by atoms with Gasteiger partial charge in [-0.25, -0.2) is 0 Å². The summed E-state index contributed by atoms with van der Waals surface area (Å²) in [5.41, 5.74) is 2.89. The van der Waals surface area contributed by atoms with Crippen molar-refractivity contribution in [3.63, 3.8) is 0 Å². The van der Waals surface area contributed by atoms with Crippen molar-refractivity contribution in [1.29, 1.82) is 5.26 Å². The maximum atomic E-state index is 12.1. The molecule has 0 aliphatic carbocycles. The van der Waals surface area contributed by atoms with Crippen molar-refractivity contribution < 1.29 is 9.53 Å². The lowest BCUT2D eigenvalue weighted by atomic mass is 10.1. The molecule has 0 fully saturated rings. The van der Waals surface area contributed by atoms with Crippen LogP contribution in [0.5, 0.6) is 5.75 Å². The van der Waals surface area contributed by atoms with Gasteiger partial charge in [0.2, 0.25) is 0 Å². The second kappa shape index (κ2) is 9.14. The molecule has 0 saturated heterocycles. The van der Waals surface area contributed by atoms with Crippen molar-refractivity contribution in [2.24, 2.45) is 0 Å². The van der Waals surface area contributed by atoms with E-state index in [1.165, 1.54) is 6.20 Å². The minimum absolute atomic E-state index is 0.0382. The molecule has 0 atom stereocenters. The molecule has 1 amide bonds. The highest BCUT2D eigenvalue weighted by Gasteiger charge is 2.09. The lowest BCUT2D eigenvalue weighted by molar-refractivity contribution is -0.112. The Kier molecular flexibility index (Phi) is 6.61. The Hall–Kier alpha value is -3.26. The van der Waals surface area contributed by atoms with Crippen LogP contribution in [-0.2, 0) is 11.2 Å². The molecular weight excluding hydrogens is 314 g/mol. The predicted molar refractivity (Wildman–Crippen MR) is 98.2 cm³/mol. The van der Waals surface area contributed by atoms with E-state index in [0.29, 0.717) is 12.2 Å². The van der Waals surface area contributed by atoms with Crippen LogP contribution in [-0.4, -0.2) is 19.6 Å². The summed E-state index contributed by atoms with van der Waals surface area (Å²) in [5.74, 6) is 0.390. The molecule has 0 aliphatic heterocycles. The van der Waals surface area contributed by atoms with Crippen LogP contribution in [0.25, 0.3) is 0 Å². The number of hydrogen-bond donors (Lipinski definition) is 2. The fourth-order valence-corrected chi connectivity index (χ4v) is 2.25. The van der Waals surface area contributed by atoms with Crippen LogP contribution in [0.3, 0.4) is 0 Å². The zero-order valence-corrected chi connectivity index (χ0v) is 14.4. The van der Waals surface area contributed by atoms with Crippen molar-refractivity contribution in [2.75, 3.05) is 19.0 Å². The van der Waals surface area contributed by atoms with Gasteiger partial charge < -0.3 is 15.4 Å². The van der Waals surface area contributed by atoms with E-state index in [0.717, 1.165) is 23.3 Å². The van der Waals surface area contributed by atoms with Gasteiger partial charge in [0, 0.05) is 18.4 Å². The van der Waals surface area contributed by atoms with E-state index >= 15 is 0 Å². The highest BCUT2D eigenvalue weighted by atomic mass is 16.5. The SMILES string of the molecule is COc1ccc(CCN/C=C(/C#N)C(=O)Nc2cccc(C)c2)cc1. The monoisotopic (exact) mass is 335 g/mol. The van der Waals surface area contributed by atoms with Crippen molar-refractivity contribution in [2.45, 2.75) is 13.3 Å². The molecule has 0 bridgehead atoms. The number of methoxy groups -OCH3 is 1. The van der Waals surface area contributed by atoms with E-state index in [4.69, 9.17) is 4.74 Å². The number of carbonyl (C=O) groups is 1. The first-order chi connectivity index (χ1) is 12.1. The van der Waals surface area contributed by atoms with Crippen LogP contribution >= 0.6 is 0 Å². The largest absolute Gasteiger partial charge is 0.497 e. The van der Waals surface area contributed by atoms with Gasteiger partial charge in [-0.15, -0.1) is 0 Å². The molecule has 5 heteroatoms. The number of aryl methyl sites for hydroxylation is 1. The first-order valence-electron chi connectivity index (χ1n) is 7.97. The van der Waals surface area contributed by atoms with E-state index in [-0.39, 0.29) is 5.57 Å². The molecule has 0 aliphatic rings. The topological polar surface area (TPSA) is 74.1 Å². The number of amides is 1. The van der Waals surface area contributed by atoms with Gasteiger partial charge >= 0.3 is 0 Å². The average molecular weight is 335 g/mol. The highest BCUT2D eigenvalue weighted by Crippen LogP contribution is 2.12. The number of rotatable bonds is 7. The number of anilines is 1. The third-order valence-corrected chi connectivity index (χ3v) is 3.60. The Morgan fingerprint density at radius 1 is 1.24 bits per heavy atom. The number of nitriles is 1. The molecule has 2 N–H and O–H groups in total. The summed E-state index contributed by atoms with van der Waals surface area (Å²) in [6.07, 6.45) is 2.23. The molecule has 2 aromatic rings. The average Bonchev–Trinajstić information content (AvgIpc) is 2.62. The Balaban J connectivity index is 1.86. The van der Waals surface area contributed by atoms with Crippen molar-refractivity contribution in [1.82, 2.24) is 5.32 Å². The van der Waals surface area contributed by atoms with Crippen molar-refractivity contribution in [3.8, 4) is 11.8 Å². The zero-order valence-electron chi connectivity index (χ0n) is 14.4. The third-order valence-electron chi connectivity index (χ3n) is 3.60. The second-order valence-electron chi connectivity index (χ2n) is 5.55. The molecule has 0 unspecified atom stereocenters. The van der Waals surface area contributed by atoms with Crippen LogP contribution in [0.15, 0.2) is 60.3 Å². The Labute approximate surface area is 147 Å². The molecule has 5 nitrogen and oxygen atoms in total. The van der Waals surface area contributed by atoms with Gasteiger partial charge in [-0.1, -0.05) is 24.3 Å². The van der Waals surface area contributed by atoms with Gasteiger partial charge in [0.05, 0.1) is 7.11 Å². The summed E-state index contributed by atoms with van der Waals surface area (Å²) in [7, 11) is 1.63. The number of nitrogens with one attached hydrogen (secondary N) is 2. The first-order valence-corrected chi connectivity index (χ1v) is 7.97. The zero-order chi connectivity index (χ0) is 18.1. The highest BCUT2D eigenvalue weighted by molar-refractivity contribution is 6.06. The first kappa shape index (κ1) is 18.1. The quantitative estimate of drug-likeness (QED) is 0.463. The summed E-state index contributed by atoms with van der Waals surface area (Å²) >= 11 is 0. The van der Waals surface area contributed by atoms with Crippen molar-refractivity contribution in [3.05, 3.63) is 71.4 Å². The van der Waals surface area contributed by atoms with E-state index in [1.54, 1.807) is 13.2 Å². The van der Waals surface area contributed by atoms with Crippen LogP contribution < -0.4 is 15.4 Å². The van der Waals surface area contributed by atoms with Gasteiger partial charge in [0.25, 0.3) is 5.91 Å². The number of ether oxygens (including phenoxy) is 1. The molecule has 0 radical (unpaired) electrons. The minimum atomic E-state index is -0.426. The standard InChI is InChI=1S/C20H21N3O2/c1-15-4-3-5-18(12-15)23-20(24)17(13-21)14-22-11-10-16-6-8-19(25-2)9-7-16/h3-9,12,14,22H,10-11H2,1-2H3,(H,23,24)/b17-14-. The Morgan fingerprint density at radius 2 is 2.00 bits per heavy atom. The fraction of sp³-hybridized carbons (Fsp3) is 0.200. The normalized spacial score (nSPS) is 10.7. The van der Waals surface area contributed by atoms with Gasteiger partial charge in [0.15, 0.2) is 0 Å². The molecule has 0 spiro atoms. The third kappa shape index (κ3) is 5.70. The maximum absolute atomic E-state index is 12.1. The summed E-state index contributed by atoms with van der Waals surface area (Å²) < 4.78 is 5.12. The molecule has 0 aromatic heterocycles. The molecule has 2 rings (SSSR count). The van der Waals surface area contributed by atoms with Crippen LogP contribution in [0.4, 0.5) is 5.69 Å². The lowest BCUT2D eigenvalue weighted by Gasteiger charge is -2.06. The van der Waals surface area contributed by atoms with Crippen LogP contribution in [0.1, 0.15) is 11.1 Å². The van der Waals surface area contributed by atoms with E-state index < -0.39 is 5.91 Å². The van der Waals surface area contributed by atoms with Gasteiger partial charge in [0.1, 0.15) is 17.4 Å². The van der Waals surface area contributed by atoms with Gasteiger partial charge in [-0.05, 0) is 48.7 Å². The lowest BCUT2D eigenvalue weighted by Crippen LogP contribution is -2.18. The van der Waals surface area contributed by atoms with Gasteiger partial charge in [-0.3, -0.25) is 4.79 Å². The summed E-state index contributed by atoms with van der Waals surface area (Å²) in [5, 5.41) is 14.9. The molecule has 2 aromatic carbocycles. The molecular formula is C20H21N3O2. The maximum Gasteiger partial charge on any atom is 0.267 e. The Bertz CT molecular complexity index is 789. The smallest absolute Gasteiger partial charge is 0.267 e. The predicted octanol–water partition coefficient (Wildman–Crippen LogP) is 3.18. The molecule has 128 valence electrons. The summed E-state index contributed by atoms with van der Waals surface area (Å²) in [4.78, 5) is 12.1. The van der Waals surface area contributed by atoms with Crippen molar-refractivity contribution >= 4 is 11.6 Å². The van der Waals surface area contributed by atoms with Crippen LogP contribution in [0.2, 0.25) is 0 Å². The fourth-order valence-electron chi connectivity index (χ4n) is 2.25.